The summed E-state index contributed by atoms with van der Waals surface area (Å²) in [5.41, 5.74) is 4.49. The molecule has 0 spiro atoms. The molecule has 202 valence electrons. The van der Waals surface area contributed by atoms with Crippen molar-refractivity contribution in [1.29, 1.82) is 0 Å². The van der Waals surface area contributed by atoms with Crippen molar-refractivity contribution < 1.29 is 10.2 Å². The first-order valence-electron chi connectivity index (χ1n) is 15.1. The highest BCUT2D eigenvalue weighted by atomic mass is 16.3. The summed E-state index contributed by atoms with van der Waals surface area (Å²) in [4.78, 5) is 0. The normalized spacial score (nSPS) is 11.6. The Balaban J connectivity index is 2.05. The van der Waals surface area contributed by atoms with E-state index in [1.807, 2.05) is 12.1 Å². The number of aryl methyl sites for hydroxylation is 2. The molecule has 0 saturated carbocycles. The molecule has 0 aliphatic carbocycles. The van der Waals surface area contributed by atoms with E-state index < -0.39 is 0 Å². The number of phenols is 2. The minimum absolute atomic E-state index is 0.0204. The maximum absolute atomic E-state index is 10.8. The van der Waals surface area contributed by atoms with Gasteiger partial charge in [0.2, 0.25) is 0 Å². The number of hydrogen-bond donors (Lipinski definition) is 2. The summed E-state index contributed by atoms with van der Waals surface area (Å²) in [5.74, 6) is 0.931. The predicted octanol–water partition coefficient (Wildman–Crippen LogP) is 10.5. The van der Waals surface area contributed by atoms with Gasteiger partial charge in [0.1, 0.15) is 11.5 Å². The van der Waals surface area contributed by atoms with E-state index in [1.54, 1.807) is 0 Å². The second-order valence-corrected chi connectivity index (χ2v) is 11.3. The van der Waals surface area contributed by atoms with Gasteiger partial charge in [0.15, 0.2) is 0 Å². The predicted molar refractivity (Wildman–Crippen MR) is 156 cm³/mol. The Labute approximate surface area is 222 Å². The van der Waals surface area contributed by atoms with E-state index in [0.717, 1.165) is 24.0 Å². The van der Waals surface area contributed by atoms with Crippen molar-refractivity contribution >= 4 is 0 Å². The number of phenolic OH excluding ortho intramolecular Hbond substituents is 2. The lowest BCUT2D eigenvalue weighted by atomic mass is 9.80. The first-order valence-corrected chi connectivity index (χ1v) is 15.1. The average Bonchev–Trinajstić information content (AvgIpc) is 2.86. The van der Waals surface area contributed by atoms with Gasteiger partial charge in [0.05, 0.1) is 0 Å². The zero-order valence-corrected chi connectivity index (χ0v) is 23.8. The molecule has 0 heterocycles. The molecule has 0 unspecified atom stereocenters. The Bertz CT molecular complexity index is 787. The van der Waals surface area contributed by atoms with Gasteiger partial charge >= 0.3 is 0 Å². The number of hydrogen-bond acceptors (Lipinski definition) is 2. The zero-order chi connectivity index (χ0) is 26.2. The Morgan fingerprint density at radius 3 is 1.25 bits per heavy atom. The maximum Gasteiger partial charge on any atom is 0.119 e. The third-order valence-corrected chi connectivity index (χ3v) is 7.66. The monoisotopic (exact) mass is 494 g/mol. The first-order chi connectivity index (χ1) is 17.5. The Kier molecular flexibility index (Phi) is 14.7. The summed E-state index contributed by atoms with van der Waals surface area (Å²) in [6.07, 6.45) is 20.4. The second-order valence-electron chi connectivity index (χ2n) is 11.3. The summed E-state index contributed by atoms with van der Waals surface area (Å²) >= 11 is 0. The van der Waals surface area contributed by atoms with Crippen molar-refractivity contribution in [3.8, 4) is 11.5 Å². The summed E-state index contributed by atoms with van der Waals surface area (Å²) in [6, 6.07) is 12.3. The molecule has 0 saturated heterocycles. The number of rotatable bonds is 19. The Morgan fingerprint density at radius 2 is 0.889 bits per heavy atom. The molecule has 2 aromatic rings. The lowest BCUT2D eigenvalue weighted by Gasteiger charge is -2.25. The molecule has 0 fully saturated rings. The standard InChI is InChI=1S/C34H54O2/c1-5-7-9-11-13-15-17-19-28-21-23-32(35)30(25-28)34(27(3)4)31-26-29(22-24-33(31)36)20-18-16-14-12-10-8-6-2/h21-27,34-36H,5-20H2,1-4H3. The number of aromatic hydroxyl groups is 2. The van der Waals surface area contributed by atoms with Crippen LogP contribution in [0.4, 0.5) is 0 Å². The van der Waals surface area contributed by atoms with Gasteiger partial charge in [-0.2, -0.15) is 0 Å². The molecule has 0 atom stereocenters. The van der Waals surface area contributed by atoms with Gasteiger partial charge in [0.25, 0.3) is 0 Å². The Hall–Kier alpha value is -1.96. The van der Waals surface area contributed by atoms with Crippen LogP contribution in [0.1, 0.15) is 146 Å². The van der Waals surface area contributed by atoms with Crippen LogP contribution < -0.4 is 0 Å². The van der Waals surface area contributed by atoms with Gasteiger partial charge in [0, 0.05) is 17.0 Å². The molecular formula is C34H54O2. The van der Waals surface area contributed by atoms with Crippen LogP contribution in [-0.2, 0) is 12.8 Å². The quantitative estimate of drug-likeness (QED) is 0.191. The van der Waals surface area contributed by atoms with Crippen molar-refractivity contribution in [3.63, 3.8) is 0 Å². The smallest absolute Gasteiger partial charge is 0.119 e. The molecule has 2 aromatic carbocycles. The van der Waals surface area contributed by atoms with E-state index in [1.165, 1.54) is 101 Å². The van der Waals surface area contributed by atoms with Gasteiger partial charge in [-0.1, -0.05) is 129 Å². The van der Waals surface area contributed by atoms with Crippen molar-refractivity contribution in [2.75, 3.05) is 0 Å². The fourth-order valence-corrected chi connectivity index (χ4v) is 5.48. The summed E-state index contributed by atoms with van der Waals surface area (Å²) in [7, 11) is 0. The largest absolute Gasteiger partial charge is 0.508 e. The van der Waals surface area contributed by atoms with E-state index in [4.69, 9.17) is 0 Å². The van der Waals surface area contributed by atoms with Gasteiger partial charge in [-0.25, -0.2) is 0 Å². The molecule has 0 bridgehead atoms. The highest BCUT2D eigenvalue weighted by Gasteiger charge is 2.24. The molecule has 0 radical (unpaired) electrons. The SMILES string of the molecule is CCCCCCCCCc1ccc(O)c(C(c2cc(CCCCCCCCC)ccc2O)C(C)C)c1. The minimum atomic E-state index is -0.0204. The molecule has 2 N–H and O–H groups in total. The minimum Gasteiger partial charge on any atom is -0.508 e. The van der Waals surface area contributed by atoms with Crippen molar-refractivity contribution in [3.05, 3.63) is 58.7 Å². The van der Waals surface area contributed by atoms with Gasteiger partial charge < -0.3 is 10.2 Å². The van der Waals surface area contributed by atoms with Crippen LogP contribution in [0.15, 0.2) is 36.4 Å². The second kappa shape index (κ2) is 17.5. The van der Waals surface area contributed by atoms with E-state index in [2.05, 4.69) is 52.0 Å². The summed E-state index contributed by atoms with van der Waals surface area (Å²) in [5, 5.41) is 21.7. The topological polar surface area (TPSA) is 40.5 Å². The lowest BCUT2D eigenvalue weighted by molar-refractivity contribution is 0.434. The third-order valence-electron chi connectivity index (χ3n) is 7.66. The van der Waals surface area contributed by atoms with Crippen LogP contribution in [0.2, 0.25) is 0 Å². The molecule has 0 aliphatic heterocycles. The summed E-state index contributed by atoms with van der Waals surface area (Å²) in [6.45, 7) is 8.91. The van der Waals surface area contributed by atoms with Gasteiger partial charge in [-0.05, 0) is 54.9 Å². The van der Waals surface area contributed by atoms with Crippen LogP contribution in [0.25, 0.3) is 0 Å². The van der Waals surface area contributed by atoms with Crippen LogP contribution in [-0.4, -0.2) is 10.2 Å². The first kappa shape index (κ1) is 30.3. The lowest BCUT2D eigenvalue weighted by Crippen LogP contribution is -2.10. The molecule has 2 heteroatoms. The summed E-state index contributed by atoms with van der Waals surface area (Å²) < 4.78 is 0. The number of benzene rings is 2. The van der Waals surface area contributed by atoms with E-state index in [-0.39, 0.29) is 11.8 Å². The van der Waals surface area contributed by atoms with E-state index in [9.17, 15) is 10.2 Å². The number of unbranched alkanes of at least 4 members (excludes halogenated alkanes) is 12. The average molecular weight is 495 g/mol. The van der Waals surface area contributed by atoms with Crippen molar-refractivity contribution in [2.24, 2.45) is 5.92 Å². The Morgan fingerprint density at radius 1 is 0.528 bits per heavy atom. The van der Waals surface area contributed by atoms with Crippen LogP contribution in [0.5, 0.6) is 11.5 Å². The molecule has 0 aliphatic rings. The highest BCUT2D eigenvalue weighted by Crippen LogP contribution is 2.41. The fourth-order valence-electron chi connectivity index (χ4n) is 5.48. The van der Waals surface area contributed by atoms with Crippen LogP contribution in [0, 0.1) is 5.92 Å². The molecule has 2 rings (SSSR count). The van der Waals surface area contributed by atoms with E-state index >= 15 is 0 Å². The third kappa shape index (κ3) is 10.6. The van der Waals surface area contributed by atoms with Gasteiger partial charge in [-0.15, -0.1) is 0 Å². The maximum atomic E-state index is 10.8. The molecule has 36 heavy (non-hydrogen) atoms. The van der Waals surface area contributed by atoms with Crippen LogP contribution >= 0.6 is 0 Å². The molecule has 0 aromatic heterocycles. The molecule has 2 nitrogen and oxygen atoms in total. The van der Waals surface area contributed by atoms with Crippen LogP contribution in [0.3, 0.4) is 0 Å². The highest BCUT2D eigenvalue weighted by molar-refractivity contribution is 5.49. The molecule has 0 amide bonds. The zero-order valence-electron chi connectivity index (χ0n) is 23.8. The van der Waals surface area contributed by atoms with E-state index in [0.29, 0.717) is 11.5 Å². The van der Waals surface area contributed by atoms with Crippen molar-refractivity contribution in [1.82, 2.24) is 0 Å². The fraction of sp³-hybridized carbons (Fsp3) is 0.647. The van der Waals surface area contributed by atoms with Crippen molar-refractivity contribution in [2.45, 2.75) is 136 Å². The molecular weight excluding hydrogens is 440 g/mol. The van der Waals surface area contributed by atoms with Gasteiger partial charge in [-0.3, -0.25) is 0 Å².